The van der Waals surface area contributed by atoms with E-state index in [0.29, 0.717) is 25.6 Å². The summed E-state index contributed by atoms with van der Waals surface area (Å²) in [4.78, 5) is 0. The molecule has 0 bridgehead atoms. The van der Waals surface area contributed by atoms with Gasteiger partial charge in [0.1, 0.15) is 18.1 Å². The molecule has 0 aliphatic heterocycles. The molecule has 0 saturated heterocycles. The third kappa shape index (κ3) is 8.50. The van der Waals surface area contributed by atoms with Gasteiger partial charge >= 0.3 is 0 Å². The van der Waals surface area contributed by atoms with Crippen molar-refractivity contribution in [3.8, 4) is 11.5 Å². The first-order valence-corrected chi connectivity index (χ1v) is 10.8. The lowest BCUT2D eigenvalue weighted by atomic mass is 9.78. The molecular weight excluding hydrogens is 388 g/mol. The number of rotatable bonds is 14. The van der Waals surface area contributed by atoms with Crippen molar-refractivity contribution in [1.29, 1.82) is 0 Å². The minimum absolute atomic E-state index is 0.125. The first-order valence-electron chi connectivity index (χ1n) is 10.8. The van der Waals surface area contributed by atoms with Crippen LogP contribution in [-0.4, -0.2) is 26.6 Å². The Labute approximate surface area is 187 Å². The molecule has 2 aromatic rings. The van der Waals surface area contributed by atoms with Crippen LogP contribution in [-0.2, 0) is 14.9 Å². The van der Waals surface area contributed by atoms with Gasteiger partial charge < -0.3 is 18.9 Å². The van der Waals surface area contributed by atoms with Crippen LogP contribution >= 0.6 is 0 Å². The second kappa shape index (κ2) is 12.2. The average Bonchev–Trinajstić information content (AvgIpc) is 2.74. The Morgan fingerprint density at radius 2 is 1.29 bits per heavy atom. The predicted octanol–water partition coefficient (Wildman–Crippen LogP) is 6.65. The molecule has 4 heteroatoms. The molecule has 2 rings (SSSR count). The van der Waals surface area contributed by atoms with Gasteiger partial charge in [0.05, 0.1) is 19.0 Å². The fraction of sp³-hybridized carbons (Fsp3) is 0.407. The maximum absolute atomic E-state index is 5.84. The van der Waals surface area contributed by atoms with Crippen molar-refractivity contribution >= 4 is 0 Å². The fourth-order valence-corrected chi connectivity index (χ4v) is 3.09. The minimum Gasteiger partial charge on any atom is -0.494 e. The van der Waals surface area contributed by atoms with Crippen molar-refractivity contribution in [2.75, 3.05) is 26.6 Å². The van der Waals surface area contributed by atoms with E-state index in [9.17, 15) is 0 Å². The molecule has 0 atom stereocenters. The summed E-state index contributed by atoms with van der Waals surface area (Å²) < 4.78 is 22.1. The van der Waals surface area contributed by atoms with Crippen LogP contribution in [0.15, 0.2) is 73.0 Å². The number of benzene rings is 2. The zero-order valence-corrected chi connectivity index (χ0v) is 19.4. The molecule has 168 valence electrons. The van der Waals surface area contributed by atoms with Crippen LogP contribution in [0, 0.1) is 0 Å². The van der Waals surface area contributed by atoms with E-state index in [0.717, 1.165) is 24.3 Å². The van der Waals surface area contributed by atoms with Crippen molar-refractivity contribution in [1.82, 2.24) is 0 Å². The van der Waals surface area contributed by atoms with Crippen molar-refractivity contribution in [3.63, 3.8) is 0 Å². The van der Waals surface area contributed by atoms with Crippen LogP contribution in [0.5, 0.6) is 11.5 Å². The second-order valence-corrected chi connectivity index (χ2v) is 8.30. The van der Waals surface area contributed by atoms with Crippen molar-refractivity contribution < 1.29 is 18.9 Å². The van der Waals surface area contributed by atoms with E-state index in [4.69, 9.17) is 18.9 Å². The SMILES string of the molecule is C=C(C)CCCOc1ccc(C(C)(C)c2ccc(OCCOCOC(=C)C)cc2)cc1. The smallest absolute Gasteiger partial charge is 0.188 e. The number of hydrogen-bond acceptors (Lipinski definition) is 4. The molecular formula is C27H36O4. The van der Waals surface area contributed by atoms with E-state index >= 15 is 0 Å². The molecule has 31 heavy (non-hydrogen) atoms. The maximum atomic E-state index is 5.84. The number of allylic oxidation sites excluding steroid dienone is 2. The highest BCUT2D eigenvalue weighted by Crippen LogP contribution is 2.33. The summed E-state index contributed by atoms with van der Waals surface area (Å²) in [5.74, 6) is 2.36. The first-order chi connectivity index (χ1) is 14.8. The van der Waals surface area contributed by atoms with Crippen molar-refractivity contribution in [3.05, 3.63) is 84.1 Å². The summed E-state index contributed by atoms with van der Waals surface area (Å²) >= 11 is 0. The highest BCUT2D eigenvalue weighted by Gasteiger charge is 2.23. The van der Waals surface area contributed by atoms with Gasteiger partial charge in [-0.1, -0.05) is 50.3 Å². The van der Waals surface area contributed by atoms with E-state index in [1.54, 1.807) is 6.92 Å². The highest BCUT2D eigenvalue weighted by atomic mass is 16.7. The van der Waals surface area contributed by atoms with Crippen LogP contribution in [0.1, 0.15) is 51.7 Å². The van der Waals surface area contributed by atoms with Gasteiger partial charge in [-0.15, -0.1) is 6.58 Å². The Bertz CT molecular complexity index is 819. The third-order valence-electron chi connectivity index (χ3n) is 5.05. The summed E-state index contributed by atoms with van der Waals surface area (Å²) in [7, 11) is 0. The Kier molecular flexibility index (Phi) is 9.67. The lowest BCUT2D eigenvalue weighted by molar-refractivity contribution is -0.0311. The topological polar surface area (TPSA) is 36.9 Å². The molecule has 0 aromatic heterocycles. The van der Waals surface area contributed by atoms with Gasteiger partial charge in [-0.25, -0.2) is 0 Å². The molecule has 4 nitrogen and oxygen atoms in total. The number of ether oxygens (including phenoxy) is 4. The largest absolute Gasteiger partial charge is 0.494 e. The Morgan fingerprint density at radius 1 is 0.774 bits per heavy atom. The molecule has 0 spiro atoms. The molecule has 0 heterocycles. The predicted molar refractivity (Wildman–Crippen MR) is 127 cm³/mol. The van der Waals surface area contributed by atoms with Crippen molar-refractivity contribution in [2.24, 2.45) is 0 Å². The monoisotopic (exact) mass is 424 g/mol. The van der Waals surface area contributed by atoms with Gasteiger partial charge in [-0.3, -0.25) is 0 Å². The quantitative estimate of drug-likeness (QED) is 0.147. The highest BCUT2D eigenvalue weighted by molar-refractivity contribution is 5.41. The Balaban J connectivity index is 1.85. The Hall–Kier alpha value is -2.72. The van der Waals surface area contributed by atoms with E-state index in [-0.39, 0.29) is 12.2 Å². The van der Waals surface area contributed by atoms with Crippen molar-refractivity contribution in [2.45, 2.75) is 46.0 Å². The zero-order valence-electron chi connectivity index (χ0n) is 19.4. The van der Waals surface area contributed by atoms with Crippen LogP contribution in [0.25, 0.3) is 0 Å². The summed E-state index contributed by atoms with van der Waals surface area (Å²) in [5, 5.41) is 0. The standard InChI is InChI=1S/C27H36O4/c1-21(2)8-7-17-29-25-13-9-23(10-14-25)27(5,6)24-11-15-26(16-12-24)30-19-18-28-20-31-22(3)4/h9-16H,1,3,7-8,17-20H2,2,4-6H3. The van der Waals surface area contributed by atoms with E-state index in [2.05, 4.69) is 51.3 Å². The molecule has 0 N–H and O–H groups in total. The zero-order chi connectivity index (χ0) is 22.7. The summed E-state index contributed by atoms with van der Waals surface area (Å²) in [6.07, 6.45) is 1.99. The molecule has 2 aromatic carbocycles. The van der Waals surface area contributed by atoms with E-state index in [1.807, 2.05) is 31.2 Å². The van der Waals surface area contributed by atoms with Gasteiger partial charge in [0.25, 0.3) is 0 Å². The van der Waals surface area contributed by atoms with Gasteiger partial charge in [0.15, 0.2) is 6.79 Å². The van der Waals surface area contributed by atoms with Gasteiger partial charge in [0.2, 0.25) is 0 Å². The molecule has 0 saturated carbocycles. The van der Waals surface area contributed by atoms with Gasteiger partial charge in [0, 0.05) is 5.41 Å². The third-order valence-corrected chi connectivity index (χ3v) is 5.05. The van der Waals surface area contributed by atoms with Gasteiger partial charge in [-0.05, 0) is 62.1 Å². The minimum atomic E-state index is -0.125. The van der Waals surface area contributed by atoms with Gasteiger partial charge in [-0.2, -0.15) is 0 Å². The molecule has 0 amide bonds. The molecule has 0 aliphatic carbocycles. The normalized spacial score (nSPS) is 11.1. The first kappa shape index (κ1) is 24.5. The molecule has 0 aliphatic rings. The van der Waals surface area contributed by atoms with E-state index < -0.39 is 0 Å². The van der Waals surface area contributed by atoms with Crippen LogP contribution in [0.3, 0.4) is 0 Å². The summed E-state index contributed by atoms with van der Waals surface area (Å²) in [6, 6.07) is 16.6. The molecule has 0 radical (unpaired) electrons. The summed E-state index contributed by atoms with van der Waals surface area (Å²) in [5.41, 5.74) is 3.53. The fourth-order valence-electron chi connectivity index (χ4n) is 3.09. The lowest BCUT2D eigenvalue weighted by Crippen LogP contribution is -2.18. The summed E-state index contributed by atoms with van der Waals surface area (Å²) in [6.45, 7) is 17.7. The van der Waals surface area contributed by atoms with Crippen LogP contribution in [0.2, 0.25) is 0 Å². The second-order valence-electron chi connectivity index (χ2n) is 8.30. The lowest BCUT2D eigenvalue weighted by Gasteiger charge is -2.26. The Morgan fingerprint density at radius 3 is 1.77 bits per heavy atom. The molecule has 0 fully saturated rings. The average molecular weight is 425 g/mol. The van der Waals surface area contributed by atoms with Crippen LogP contribution in [0.4, 0.5) is 0 Å². The van der Waals surface area contributed by atoms with E-state index in [1.165, 1.54) is 16.7 Å². The van der Waals surface area contributed by atoms with Crippen LogP contribution < -0.4 is 9.47 Å². The maximum Gasteiger partial charge on any atom is 0.188 e. The number of hydrogen-bond donors (Lipinski definition) is 0. The molecule has 0 unspecified atom stereocenters.